The number of aliphatic hydroxyl groups excluding tert-OH is 1. The van der Waals surface area contributed by atoms with Crippen LogP contribution in [-0.2, 0) is 17.6 Å². The van der Waals surface area contributed by atoms with Crippen molar-refractivity contribution >= 4 is 8.32 Å². The van der Waals surface area contributed by atoms with Crippen LogP contribution in [0.1, 0.15) is 32.1 Å². The molecule has 0 atom stereocenters. The van der Waals surface area contributed by atoms with Gasteiger partial charge in [0.05, 0.1) is 19.5 Å². The van der Waals surface area contributed by atoms with E-state index in [1.165, 1.54) is 0 Å². The van der Waals surface area contributed by atoms with Crippen molar-refractivity contribution in [1.82, 2.24) is 0 Å². The van der Waals surface area contributed by atoms with Crippen molar-refractivity contribution in [3.8, 4) is 0 Å². The highest BCUT2D eigenvalue weighted by atomic mass is 28.4. The predicted octanol–water partition coefficient (Wildman–Crippen LogP) is 3.29. The summed E-state index contributed by atoms with van der Waals surface area (Å²) >= 11 is 0. The third-order valence-electron chi connectivity index (χ3n) is 3.38. The van der Waals surface area contributed by atoms with Crippen LogP contribution in [-0.4, -0.2) is 13.4 Å². The quantitative estimate of drug-likeness (QED) is 0.824. The molecule has 0 bridgehead atoms. The topological polar surface area (TPSA) is 42.6 Å². The van der Waals surface area contributed by atoms with Crippen LogP contribution in [0.3, 0.4) is 0 Å². The van der Waals surface area contributed by atoms with Gasteiger partial charge in [0.25, 0.3) is 0 Å². The van der Waals surface area contributed by atoms with Crippen LogP contribution < -0.4 is 0 Å². The van der Waals surface area contributed by atoms with Gasteiger partial charge in [-0.05, 0) is 24.2 Å². The molecule has 0 aliphatic carbocycles. The van der Waals surface area contributed by atoms with Crippen molar-refractivity contribution in [1.29, 1.82) is 0 Å². The Morgan fingerprint density at radius 1 is 1.38 bits per heavy atom. The number of rotatable bonds is 4. The Kier molecular flexibility index (Phi) is 3.99. The van der Waals surface area contributed by atoms with Crippen LogP contribution in [0.4, 0.5) is 0 Å². The van der Waals surface area contributed by atoms with Crippen molar-refractivity contribution < 1.29 is 13.9 Å². The molecule has 0 amide bonds. The zero-order valence-electron chi connectivity index (χ0n) is 10.8. The van der Waals surface area contributed by atoms with Crippen LogP contribution in [0.15, 0.2) is 16.7 Å². The molecule has 1 rings (SSSR count). The van der Waals surface area contributed by atoms with Gasteiger partial charge in [-0.3, -0.25) is 0 Å². The fourth-order valence-corrected chi connectivity index (χ4v) is 2.02. The molecule has 1 aromatic heterocycles. The number of hydrogen-bond donors (Lipinski definition) is 1. The van der Waals surface area contributed by atoms with Gasteiger partial charge in [0, 0.05) is 5.56 Å². The Balaban J connectivity index is 2.65. The Bertz CT molecular complexity index is 336. The first kappa shape index (κ1) is 13.5. The van der Waals surface area contributed by atoms with E-state index in [0.29, 0.717) is 6.61 Å². The van der Waals surface area contributed by atoms with E-state index in [2.05, 4.69) is 33.9 Å². The lowest BCUT2D eigenvalue weighted by Gasteiger charge is -2.35. The summed E-state index contributed by atoms with van der Waals surface area (Å²) < 4.78 is 11.3. The first-order valence-corrected chi connectivity index (χ1v) is 8.49. The van der Waals surface area contributed by atoms with Crippen molar-refractivity contribution in [2.24, 2.45) is 0 Å². The van der Waals surface area contributed by atoms with Crippen LogP contribution in [0.2, 0.25) is 18.1 Å². The number of furan rings is 1. The lowest BCUT2D eigenvalue weighted by Crippen LogP contribution is -2.40. The molecule has 0 spiro atoms. The molecule has 16 heavy (non-hydrogen) atoms. The smallest absolute Gasteiger partial charge is 0.192 e. The zero-order valence-corrected chi connectivity index (χ0v) is 11.8. The molecule has 0 saturated heterocycles. The van der Waals surface area contributed by atoms with E-state index in [4.69, 9.17) is 13.9 Å². The van der Waals surface area contributed by atoms with E-state index >= 15 is 0 Å². The number of hydrogen-bond acceptors (Lipinski definition) is 3. The molecule has 4 heteroatoms. The zero-order chi connectivity index (χ0) is 12.4. The summed E-state index contributed by atoms with van der Waals surface area (Å²) in [6, 6.07) is 1.78. The summed E-state index contributed by atoms with van der Waals surface area (Å²) in [6.45, 7) is 11.5. The van der Waals surface area contributed by atoms with Gasteiger partial charge < -0.3 is 13.9 Å². The molecule has 1 heterocycles. The summed E-state index contributed by atoms with van der Waals surface area (Å²) in [4.78, 5) is 0. The molecule has 0 fully saturated rings. The molecule has 0 radical (unpaired) electrons. The average Bonchev–Trinajstić information content (AvgIpc) is 2.60. The van der Waals surface area contributed by atoms with Gasteiger partial charge in [-0.15, -0.1) is 0 Å². The summed E-state index contributed by atoms with van der Waals surface area (Å²) in [7, 11) is -1.74. The highest BCUT2D eigenvalue weighted by Crippen LogP contribution is 2.37. The molecule has 3 nitrogen and oxygen atoms in total. The number of aliphatic hydroxyl groups is 1. The Morgan fingerprint density at radius 2 is 2.00 bits per heavy atom. The molecule has 0 aliphatic rings. The van der Waals surface area contributed by atoms with E-state index in [0.717, 1.165) is 11.3 Å². The fraction of sp³-hybridized carbons (Fsp3) is 0.667. The van der Waals surface area contributed by atoms with Crippen molar-refractivity contribution in [2.45, 2.75) is 52.1 Å². The molecule has 1 aromatic rings. The molecule has 1 N–H and O–H groups in total. The maximum Gasteiger partial charge on any atom is 0.192 e. The minimum atomic E-state index is -1.74. The van der Waals surface area contributed by atoms with E-state index < -0.39 is 8.32 Å². The second-order valence-corrected chi connectivity index (χ2v) is 10.4. The maximum atomic E-state index is 9.09. The third kappa shape index (κ3) is 2.96. The average molecular weight is 242 g/mol. The van der Waals surface area contributed by atoms with Gasteiger partial charge in [-0.1, -0.05) is 20.8 Å². The first-order chi connectivity index (χ1) is 7.28. The molecular formula is C12H22O3Si. The van der Waals surface area contributed by atoms with Gasteiger partial charge in [0.2, 0.25) is 0 Å². The van der Waals surface area contributed by atoms with Gasteiger partial charge in [-0.25, -0.2) is 0 Å². The molecular weight excluding hydrogens is 220 g/mol. The molecule has 0 unspecified atom stereocenters. The summed E-state index contributed by atoms with van der Waals surface area (Å²) in [5.41, 5.74) is 0.818. The molecule has 92 valence electrons. The van der Waals surface area contributed by atoms with Crippen molar-refractivity contribution in [2.75, 3.05) is 0 Å². The minimum Gasteiger partial charge on any atom is -0.467 e. The summed E-state index contributed by atoms with van der Waals surface area (Å²) in [5.74, 6) is 0.743. The highest BCUT2D eigenvalue weighted by molar-refractivity contribution is 6.74. The first-order valence-electron chi connectivity index (χ1n) is 5.58. The monoisotopic (exact) mass is 242 g/mol. The molecule has 0 aromatic carbocycles. The minimum absolute atomic E-state index is 0.00664. The van der Waals surface area contributed by atoms with Gasteiger partial charge in [-0.2, -0.15) is 0 Å². The second-order valence-electron chi connectivity index (χ2n) is 5.58. The summed E-state index contributed by atoms with van der Waals surface area (Å²) in [6.07, 6.45) is 1.59. The van der Waals surface area contributed by atoms with E-state index in [-0.39, 0.29) is 11.6 Å². The largest absolute Gasteiger partial charge is 0.467 e. The Hall–Kier alpha value is -0.583. The lowest BCUT2D eigenvalue weighted by molar-refractivity contribution is 0.233. The van der Waals surface area contributed by atoms with Gasteiger partial charge >= 0.3 is 0 Å². The van der Waals surface area contributed by atoms with Gasteiger partial charge in [0.15, 0.2) is 8.32 Å². The second kappa shape index (κ2) is 4.73. The third-order valence-corrected chi connectivity index (χ3v) is 7.86. The predicted molar refractivity (Wildman–Crippen MR) is 66.6 cm³/mol. The van der Waals surface area contributed by atoms with Crippen LogP contribution in [0.25, 0.3) is 0 Å². The van der Waals surface area contributed by atoms with E-state index in [1.807, 2.05) is 0 Å². The van der Waals surface area contributed by atoms with Crippen molar-refractivity contribution in [3.63, 3.8) is 0 Å². The Labute approximate surface area is 98.6 Å². The van der Waals surface area contributed by atoms with Crippen LogP contribution in [0, 0.1) is 0 Å². The summed E-state index contributed by atoms with van der Waals surface area (Å²) in [5, 5.41) is 9.29. The maximum absolute atomic E-state index is 9.09. The van der Waals surface area contributed by atoms with Gasteiger partial charge in [0.1, 0.15) is 5.76 Å². The van der Waals surface area contributed by atoms with Crippen LogP contribution >= 0.6 is 0 Å². The van der Waals surface area contributed by atoms with Crippen LogP contribution in [0.5, 0.6) is 0 Å². The molecule has 0 saturated carbocycles. The SMILES string of the molecule is CC(C)(C)[Si](C)(C)OCc1occc1CO. The normalized spacial score (nSPS) is 13.1. The standard InChI is InChI=1S/C12H22O3Si/c1-12(2,3)16(4,5)15-9-11-10(8-13)6-7-14-11/h6-7,13H,8-9H2,1-5H3. The van der Waals surface area contributed by atoms with E-state index in [1.54, 1.807) is 12.3 Å². The lowest BCUT2D eigenvalue weighted by atomic mass is 10.2. The molecule has 0 aliphatic heterocycles. The highest BCUT2D eigenvalue weighted by Gasteiger charge is 2.37. The fourth-order valence-electron chi connectivity index (χ4n) is 1.10. The Morgan fingerprint density at radius 3 is 2.50 bits per heavy atom. The van der Waals surface area contributed by atoms with E-state index in [9.17, 15) is 0 Å². The van der Waals surface area contributed by atoms with Crippen molar-refractivity contribution in [3.05, 3.63) is 23.7 Å².